The van der Waals surface area contributed by atoms with E-state index >= 15 is 0 Å². The van der Waals surface area contributed by atoms with Crippen molar-refractivity contribution >= 4 is 11.6 Å². The topological polar surface area (TPSA) is 61.6 Å². The number of nitrogen functional groups attached to an aromatic ring is 1. The fourth-order valence-corrected chi connectivity index (χ4v) is 1.92. The zero-order valence-electron chi connectivity index (χ0n) is 12.3. The number of nitrogens with one attached hydrogen (secondary N) is 1. The predicted molar refractivity (Wildman–Crippen MR) is 79.0 cm³/mol. The summed E-state index contributed by atoms with van der Waals surface area (Å²) in [5, 5.41) is 0. The summed E-state index contributed by atoms with van der Waals surface area (Å²) < 4.78 is 13.7. The summed E-state index contributed by atoms with van der Waals surface area (Å²) in [4.78, 5) is 16.2. The van der Waals surface area contributed by atoms with E-state index in [1.807, 2.05) is 25.9 Å². The number of hydrogen-bond donors (Lipinski definition) is 2. The Morgan fingerprint density at radius 1 is 1.30 bits per heavy atom. The number of nitrogens with zero attached hydrogens (tertiary/aromatic N) is 2. The van der Waals surface area contributed by atoms with Gasteiger partial charge in [0.05, 0.1) is 11.3 Å². The first kappa shape index (κ1) is 16.4. The van der Waals surface area contributed by atoms with Crippen molar-refractivity contribution in [2.45, 2.75) is 13.3 Å². The molecule has 0 saturated heterocycles. The third-order valence-electron chi connectivity index (χ3n) is 2.99. The van der Waals surface area contributed by atoms with E-state index in [9.17, 15) is 9.18 Å². The molecule has 0 spiro atoms. The van der Waals surface area contributed by atoms with Crippen LogP contribution in [0, 0.1) is 5.82 Å². The first-order chi connectivity index (χ1) is 9.51. The SMILES string of the molecule is CCCN(CCN(C)C)C(=O)c1cccc(F)c1NN. The van der Waals surface area contributed by atoms with E-state index in [0.29, 0.717) is 13.1 Å². The third-order valence-corrected chi connectivity index (χ3v) is 2.99. The average Bonchev–Trinajstić information content (AvgIpc) is 2.42. The molecule has 0 fully saturated rings. The van der Waals surface area contributed by atoms with Crippen LogP contribution in [0.3, 0.4) is 0 Å². The molecule has 1 aromatic carbocycles. The molecular weight excluding hydrogens is 259 g/mol. The summed E-state index contributed by atoms with van der Waals surface area (Å²) in [6, 6.07) is 4.37. The van der Waals surface area contributed by atoms with E-state index < -0.39 is 5.82 Å². The highest BCUT2D eigenvalue weighted by atomic mass is 19.1. The maximum Gasteiger partial charge on any atom is 0.256 e. The minimum Gasteiger partial charge on any atom is -0.337 e. The van der Waals surface area contributed by atoms with Crippen LogP contribution in [0.2, 0.25) is 0 Å². The monoisotopic (exact) mass is 282 g/mol. The lowest BCUT2D eigenvalue weighted by atomic mass is 10.1. The number of rotatable bonds is 7. The van der Waals surface area contributed by atoms with Crippen LogP contribution >= 0.6 is 0 Å². The van der Waals surface area contributed by atoms with Gasteiger partial charge in [-0.3, -0.25) is 10.6 Å². The molecule has 0 atom stereocenters. The number of halogens is 1. The van der Waals surface area contributed by atoms with Gasteiger partial charge < -0.3 is 15.2 Å². The van der Waals surface area contributed by atoms with E-state index in [0.717, 1.165) is 13.0 Å². The number of likely N-dealkylation sites (N-methyl/N-ethyl adjacent to an activating group) is 1. The standard InChI is InChI=1S/C14H23FN4O/c1-4-8-19(10-9-18(2)3)14(20)11-6-5-7-12(15)13(11)17-16/h5-7,17H,4,8-10,16H2,1-3H3. The smallest absolute Gasteiger partial charge is 0.256 e. The number of carbonyl (C=O) groups is 1. The number of nitrogens with two attached hydrogens (primary N) is 1. The summed E-state index contributed by atoms with van der Waals surface area (Å²) in [5.74, 6) is 4.58. The van der Waals surface area contributed by atoms with E-state index in [4.69, 9.17) is 5.84 Å². The number of anilines is 1. The molecule has 0 unspecified atom stereocenters. The quantitative estimate of drug-likeness (QED) is 0.588. The Balaban J connectivity index is 2.96. The van der Waals surface area contributed by atoms with Crippen molar-refractivity contribution in [1.82, 2.24) is 9.80 Å². The van der Waals surface area contributed by atoms with E-state index in [1.54, 1.807) is 11.0 Å². The van der Waals surface area contributed by atoms with Gasteiger partial charge in [0, 0.05) is 19.6 Å². The molecule has 1 amide bonds. The van der Waals surface area contributed by atoms with Crippen molar-refractivity contribution in [1.29, 1.82) is 0 Å². The summed E-state index contributed by atoms with van der Waals surface area (Å²) in [5.41, 5.74) is 2.58. The molecular formula is C14H23FN4O. The van der Waals surface area contributed by atoms with Gasteiger partial charge in [-0.15, -0.1) is 0 Å². The van der Waals surface area contributed by atoms with Crippen LogP contribution in [-0.2, 0) is 0 Å². The first-order valence-electron chi connectivity index (χ1n) is 6.70. The number of benzene rings is 1. The van der Waals surface area contributed by atoms with E-state index in [1.165, 1.54) is 12.1 Å². The Morgan fingerprint density at radius 2 is 2.00 bits per heavy atom. The highest BCUT2D eigenvalue weighted by molar-refractivity contribution is 5.99. The van der Waals surface area contributed by atoms with Gasteiger partial charge in [0.1, 0.15) is 5.82 Å². The largest absolute Gasteiger partial charge is 0.337 e. The molecule has 1 rings (SSSR count). The van der Waals surface area contributed by atoms with Crippen molar-refractivity contribution in [3.8, 4) is 0 Å². The first-order valence-corrected chi connectivity index (χ1v) is 6.70. The molecule has 0 saturated carbocycles. The van der Waals surface area contributed by atoms with Crippen LogP contribution in [0.5, 0.6) is 0 Å². The molecule has 3 N–H and O–H groups in total. The number of amides is 1. The van der Waals surface area contributed by atoms with Gasteiger partial charge in [0.25, 0.3) is 5.91 Å². The van der Waals surface area contributed by atoms with Gasteiger partial charge in [0.15, 0.2) is 0 Å². The molecule has 0 aliphatic carbocycles. The fourth-order valence-electron chi connectivity index (χ4n) is 1.92. The fraction of sp³-hybridized carbons (Fsp3) is 0.500. The van der Waals surface area contributed by atoms with Crippen LogP contribution in [0.25, 0.3) is 0 Å². The number of hydrogen-bond acceptors (Lipinski definition) is 4. The van der Waals surface area contributed by atoms with Gasteiger partial charge in [-0.1, -0.05) is 13.0 Å². The molecule has 0 heterocycles. The van der Waals surface area contributed by atoms with E-state index in [-0.39, 0.29) is 17.2 Å². The summed E-state index contributed by atoms with van der Waals surface area (Å²) in [6.07, 6.45) is 0.847. The second-order valence-corrected chi connectivity index (χ2v) is 4.90. The number of hydrazine groups is 1. The predicted octanol–water partition coefficient (Wildman–Crippen LogP) is 1.53. The second-order valence-electron chi connectivity index (χ2n) is 4.90. The molecule has 0 bridgehead atoms. The lowest BCUT2D eigenvalue weighted by Gasteiger charge is -2.25. The lowest BCUT2D eigenvalue weighted by Crippen LogP contribution is -2.37. The van der Waals surface area contributed by atoms with Crippen LogP contribution in [-0.4, -0.2) is 49.4 Å². The molecule has 5 nitrogen and oxygen atoms in total. The van der Waals surface area contributed by atoms with Crippen molar-refractivity contribution in [2.75, 3.05) is 39.2 Å². The van der Waals surface area contributed by atoms with Crippen molar-refractivity contribution in [3.05, 3.63) is 29.6 Å². The van der Waals surface area contributed by atoms with Gasteiger partial charge in [-0.2, -0.15) is 0 Å². The van der Waals surface area contributed by atoms with Crippen LogP contribution in [0.1, 0.15) is 23.7 Å². The van der Waals surface area contributed by atoms with Gasteiger partial charge >= 0.3 is 0 Å². The maximum absolute atomic E-state index is 13.7. The maximum atomic E-state index is 13.7. The summed E-state index contributed by atoms with van der Waals surface area (Å²) in [7, 11) is 3.90. The number of para-hydroxylation sites is 1. The molecule has 20 heavy (non-hydrogen) atoms. The van der Waals surface area contributed by atoms with Crippen LogP contribution < -0.4 is 11.3 Å². The molecule has 0 aliphatic rings. The summed E-state index contributed by atoms with van der Waals surface area (Å²) in [6.45, 7) is 3.99. The second kappa shape index (κ2) is 7.81. The van der Waals surface area contributed by atoms with Crippen molar-refractivity contribution in [3.63, 3.8) is 0 Å². The third kappa shape index (κ3) is 4.18. The molecule has 1 aromatic rings. The molecule has 112 valence electrons. The van der Waals surface area contributed by atoms with E-state index in [2.05, 4.69) is 5.43 Å². The average molecular weight is 282 g/mol. The zero-order valence-corrected chi connectivity index (χ0v) is 12.3. The molecule has 0 aliphatic heterocycles. The van der Waals surface area contributed by atoms with Crippen molar-refractivity contribution < 1.29 is 9.18 Å². The Morgan fingerprint density at radius 3 is 2.55 bits per heavy atom. The molecule has 0 radical (unpaired) electrons. The Kier molecular flexibility index (Phi) is 6.41. The molecule has 6 heteroatoms. The highest BCUT2D eigenvalue weighted by Gasteiger charge is 2.20. The number of carbonyl (C=O) groups excluding carboxylic acids is 1. The summed E-state index contributed by atoms with van der Waals surface area (Å²) >= 11 is 0. The van der Waals surface area contributed by atoms with Crippen molar-refractivity contribution in [2.24, 2.45) is 5.84 Å². The lowest BCUT2D eigenvalue weighted by molar-refractivity contribution is 0.0745. The normalized spacial score (nSPS) is 10.7. The minimum absolute atomic E-state index is 0.0449. The van der Waals surface area contributed by atoms with Crippen LogP contribution in [0.15, 0.2) is 18.2 Å². The van der Waals surface area contributed by atoms with Crippen LogP contribution in [0.4, 0.5) is 10.1 Å². The minimum atomic E-state index is -0.526. The Hall–Kier alpha value is -1.66. The Labute approximate surface area is 119 Å². The van der Waals surface area contributed by atoms with Gasteiger partial charge in [-0.05, 0) is 32.6 Å². The highest BCUT2D eigenvalue weighted by Crippen LogP contribution is 2.20. The zero-order chi connectivity index (χ0) is 15.1. The van der Waals surface area contributed by atoms with Gasteiger partial charge in [-0.25, -0.2) is 4.39 Å². The Bertz CT molecular complexity index is 451. The van der Waals surface area contributed by atoms with Gasteiger partial charge in [0.2, 0.25) is 0 Å². The molecule has 0 aromatic heterocycles.